The Morgan fingerprint density at radius 3 is 2.92 bits per heavy atom. The lowest BCUT2D eigenvalue weighted by Gasteiger charge is -2.07. The highest BCUT2D eigenvalue weighted by Gasteiger charge is 2.24. The predicted octanol–water partition coefficient (Wildman–Crippen LogP) is 2.95. The zero-order valence-corrected chi connectivity index (χ0v) is 14.6. The molecule has 3 heterocycles. The molecule has 0 spiro atoms. The number of rotatable bonds is 3. The maximum absolute atomic E-state index is 12.5. The number of hydrogen-bond donors (Lipinski definition) is 2. The van der Waals surface area contributed by atoms with Crippen LogP contribution in [0.2, 0.25) is 0 Å². The van der Waals surface area contributed by atoms with Gasteiger partial charge in [-0.15, -0.1) is 11.3 Å². The Bertz CT molecular complexity index is 1000. The fraction of sp³-hybridized carbons (Fsp3) is 0.167. The van der Waals surface area contributed by atoms with E-state index in [0.29, 0.717) is 23.5 Å². The van der Waals surface area contributed by atoms with Crippen molar-refractivity contribution >= 4 is 28.8 Å². The number of hydrogen-bond acceptors (Lipinski definition) is 4. The summed E-state index contributed by atoms with van der Waals surface area (Å²) in [5, 5.41) is 8.10. The van der Waals surface area contributed by atoms with Gasteiger partial charge in [-0.3, -0.25) is 9.59 Å². The minimum Gasteiger partial charge on any atom is -0.348 e. The van der Waals surface area contributed by atoms with Gasteiger partial charge in [-0.25, -0.2) is 4.98 Å². The number of nitrogens with zero attached hydrogens (tertiary/aromatic N) is 2. The molecule has 3 aromatic rings. The Kier molecular flexibility index (Phi) is 3.65. The zero-order chi connectivity index (χ0) is 17.6. The molecule has 0 atom stereocenters. The molecule has 0 radical (unpaired) electrons. The first-order valence-electron chi connectivity index (χ1n) is 7.84. The van der Waals surface area contributed by atoms with Gasteiger partial charge in [-0.05, 0) is 30.7 Å². The highest BCUT2D eigenvalue weighted by atomic mass is 32.1. The lowest BCUT2D eigenvalue weighted by Crippen LogP contribution is -2.17. The maximum atomic E-state index is 12.5. The van der Waals surface area contributed by atoms with E-state index in [1.807, 2.05) is 42.8 Å². The monoisotopic (exact) mass is 352 g/mol. The Labute approximate surface area is 148 Å². The average Bonchev–Trinajstić information content (AvgIpc) is 3.29. The highest BCUT2D eigenvalue weighted by Crippen LogP contribution is 2.27. The molecule has 4 rings (SSSR count). The van der Waals surface area contributed by atoms with Gasteiger partial charge in [0.1, 0.15) is 10.7 Å². The number of aryl methyl sites for hydroxylation is 1. The largest absolute Gasteiger partial charge is 0.348 e. The van der Waals surface area contributed by atoms with E-state index >= 15 is 0 Å². The summed E-state index contributed by atoms with van der Waals surface area (Å²) in [6.45, 7) is 2.51. The fourth-order valence-corrected chi connectivity index (χ4v) is 3.75. The topological polar surface area (TPSA) is 76.0 Å². The SMILES string of the molecule is Cc1ccc(-c2nc(C(=O)Nc3cccc4c3C(=O)NC4)cs2)n1C. The molecule has 0 saturated carbocycles. The molecule has 1 aliphatic heterocycles. The highest BCUT2D eigenvalue weighted by molar-refractivity contribution is 7.13. The number of benzene rings is 1. The molecule has 0 aliphatic carbocycles. The Morgan fingerprint density at radius 1 is 1.32 bits per heavy atom. The molecule has 2 amide bonds. The van der Waals surface area contributed by atoms with Crippen LogP contribution in [0.25, 0.3) is 10.7 Å². The maximum Gasteiger partial charge on any atom is 0.275 e. The van der Waals surface area contributed by atoms with Crippen LogP contribution in [0.3, 0.4) is 0 Å². The summed E-state index contributed by atoms with van der Waals surface area (Å²) in [5.41, 5.74) is 4.38. The molecule has 0 bridgehead atoms. The second kappa shape index (κ2) is 5.86. The molecule has 0 unspecified atom stereocenters. The van der Waals surface area contributed by atoms with Crippen LogP contribution in [0, 0.1) is 6.92 Å². The summed E-state index contributed by atoms with van der Waals surface area (Å²) in [7, 11) is 1.97. The number of nitrogens with one attached hydrogen (secondary N) is 2. The molecule has 1 aliphatic rings. The third-order valence-corrected chi connectivity index (χ3v) is 5.26. The number of thiazole rings is 1. The van der Waals surface area contributed by atoms with Crippen molar-refractivity contribution in [3.05, 3.63) is 58.2 Å². The van der Waals surface area contributed by atoms with Crippen LogP contribution in [0.5, 0.6) is 0 Å². The van der Waals surface area contributed by atoms with Gasteiger partial charge in [0.25, 0.3) is 11.8 Å². The molecule has 0 fully saturated rings. The Hall–Kier alpha value is -2.93. The normalized spacial score (nSPS) is 12.8. The molecule has 2 aromatic heterocycles. The molecule has 1 aromatic carbocycles. The summed E-state index contributed by atoms with van der Waals surface area (Å²) in [4.78, 5) is 29.0. The van der Waals surface area contributed by atoms with E-state index in [-0.39, 0.29) is 11.8 Å². The number of anilines is 1. The summed E-state index contributed by atoms with van der Waals surface area (Å²) in [6, 6.07) is 9.44. The van der Waals surface area contributed by atoms with Crippen LogP contribution in [0.15, 0.2) is 35.7 Å². The third-order valence-electron chi connectivity index (χ3n) is 4.39. The van der Waals surface area contributed by atoms with Crippen LogP contribution >= 0.6 is 11.3 Å². The van der Waals surface area contributed by atoms with Crippen molar-refractivity contribution < 1.29 is 9.59 Å². The standard InChI is InChI=1S/C18H16N4O2S/c1-10-6-7-14(22(10)2)18-21-13(9-25-18)16(23)20-12-5-3-4-11-8-19-17(24)15(11)12/h3-7,9H,8H2,1-2H3,(H,19,24)(H,20,23). The van der Waals surface area contributed by atoms with Crippen LogP contribution in [0.1, 0.15) is 32.1 Å². The lowest BCUT2D eigenvalue weighted by atomic mass is 10.1. The predicted molar refractivity (Wildman–Crippen MR) is 96.8 cm³/mol. The molecular weight excluding hydrogens is 336 g/mol. The smallest absolute Gasteiger partial charge is 0.275 e. The van der Waals surface area contributed by atoms with Crippen LogP contribution in [-0.2, 0) is 13.6 Å². The van der Waals surface area contributed by atoms with Gasteiger partial charge in [0.15, 0.2) is 0 Å². The molecule has 25 heavy (non-hydrogen) atoms. The van der Waals surface area contributed by atoms with Gasteiger partial charge in [-0.1, -0.05) is 12.1 Å². The van der Waals surface area contributed by atoms with Crippen molar-refractivity contribution in [1.29, 1.82) is 0 Å². The number of aromatic nitrogens is 2. The van der Waals surface area contributed by atoms with E-state index in [0.717, 1.165) is 22.0 Å². The summed E-state index contributed by atoms with van der Waals surface area (Å²) in [5.74, 6) is -0.481. The van der Waals surface area contributed by atoms with Crippen molar-refractivity contribution in [2.24, 2.45) is 7.05 Å². The molecular formula is C18H16N4O2S. The van der Waals surface area contributed by atoms with Crippen molar-refractivity contribution in [3.63, 3.8) is 0 Å². The van der Waals surface area contributed by atoms with Gasteiger partial charge in [0.05, 0.1) is 16.9 Å². The van der Waals surface area contributed by atoms with Crippen molar-refractivity contribution in [3.8, 4) is 10.7 Å². The second-order valence-electron chi connectivity index (χ2n) is 5.93. The van der Waals surface area contributed by atoms with E-state index in [2.05, 4.69) is 15.6 Å². The second-order valence-corrected chi connectivity index (χ2v) is 6.79. The summed E-state index contributed by atoms with van der Waals surface area (Å²) < 4.78 is 2.04. The third kappa shape index (κ3) is 2.62. The van der Waals surface area contributed by atoms with E-state index in [1.54, 1.807) is 11.4 Å². The molecule has 7 heteroatoms. The van der Waals surface area contributed by atoms with Crippen LogP contribution in [-0.4, -0.2) is 21.4 Å². The fourth-order valence-electron chi connectivity index (χ4n) is 2.89. The van der Waals surface area contributed by atoms with E-state index in [9.17, 15) is 9.59 Å². The number of fused-ring (bicyclic) bond motifs is 1. The van der Waals surface area contributed by atoms with E-state index in [4.69, 9.17) is 0 Å². The number of amides is 2. The van der Waals surface area contributed by atoms with Crippen molar-refractivity contribution in [2.75, 3.05) is 5.32 Å². The average molecular weight is 352 g/mol. The van der Waals surface area contributed by atoms with E-state index < -0.39 is 0 Å². The van der Waals surface area contributed by atoms with Gasteiger partial charge in [0.2, 0.25) is 0 Å². The van der Waals surface area contributed by atoms with Gasteiger partial charge in [-0.2, -0.15) is 0 Å². The van der Waals surface area contributed by atoms with Gasteiger partial charge < -0.3 is 15.2 Å². The van der Waals surface area contributed by atoms with Crippen LogP contribution < -0.4 is 10.6 Å². The Balaban J connectivity index is 1.60. The molecule has 2 N–H and O–H groups in total. The lowest BCUT2D eigenvalue weighted by molar-refractivity contribution is 0.0966. The van der Waals surface area contributed by atoms with Crippen molar-refractivity contribution in [1.82, 2.24) is 14.9 Å². The molecule has 0 saturated heterocycles. The first kappa shape index (κ1) is 15.6. The number of carbonyl (C=O) groups excluding carboxylic acids is 2. The Morgan fingerprint density at radius 2 is 2.16 bits per heavy atom. The van der Waals surface area contributed by atoms with Gasteiger partial charge >= 0.3 is 0 Å². The first-order valence-corrected chi connectivity index (χ1v) is 8.72. The van der Waals surface area contributed by atoms with Gasteiger partial charge in [0, 0.05) is 24.7 Å². The summed E-state index contributed by atoms with van der Waals surface area (Å²) in [6.07, 6.45) is 0. The van der Waals surface area contributed by atoms with Crippen LogP contribution in [0.4, 0.5) is 5.69 Å². The summed E-state index contributed by atoms with van der Waals surface area (Å²) >= 11 is 1.42. The van der Waals surface area contributed by atoms with Crippen molar-refractivity contribution in [2.45, 2.75) is 13.5 Å². The zero-order valence-electron chi connectivity index (χ0n) is 13.8. The minimum atomic E-state index is -0.318. The molecule has 126 valence electrons. The van der Waals surface area contributed by atoms with E-state index in [1.165, 1.54) is 11.3 Å². The quantitative estimate of drug-likeness (QED) is 0.761. The first-order chi connectivity index (χ1) is 12.0. The number of carbonyl (C=O) groups is 2. The molecule has 6 nitrogen and oxygen atoms in total. The minimum absolute atomic E-state index is 0.163.